The van der Waals surface area contributed by atoms with Crippen molar-refractivity contribution < 1.29 is 4.74 Å². The van der Waals surface area contributed by atoms with Crippen LogP contribution in [-0.4, -0.2) is 35.7 Å². The molecule has 0 unspecified atom stereocenters. The largest absolute Gasteiger partial charge is 0.375 e. The molecule has 0 atom stereocenters. The van der Waals surface area contributed by atoms with Crippen LogP contribution < -0.4 is 0 Å². The smallest absolute Gasteiger partial charge is 0.0746 e. The van der Waals surface area contributed by atoms with Gasteiger partial charge in [-0.2, -0.15) is 0 Å². The summed E-state index contributed by atoms with van der Waals surface area (Å²) in [6.45, 7) is 12.1. The van der Waals surface area contributed by atoms with E-state index in [4.69, 9.17) is 4.74 Å². The van der Waals surface area contributed by atoms with E-state index in [-0.39, 0.29) is 11.1 Å². The fourth-order valence-electron chi connectivity index (χ4n) is 3.23. The second-order valence-corrected chi connectivity index (χ2v) is 6.94. The van der Waals surface area contributed by atoms with Crippen molar-refractivity contribution in [3.8, 4) is 0 Å². The zero-order chi connectivity index (χ0) is 14.6. The molecule has 1 fully saturated rings. The van der Waals surface area contributed by atoms with Crippen LogP contribution in [0, 0.1) is 0 Å². The van der Waals surface area contributed by atoms with E-state index < -0.39 is 0 Å². The molecule has 0 aromatic heterocycles. The van der Waals surface area contributed by atoms with Gasteiger partial charge in [0, 0.05) is 31.7 Å². The van der Waals surface area contributed by atoms with Gasteiger partial charge in [-0.3, -0.25) is 4.90 Å². The summed E-state index contributed by atoms with van der Waals surface area (Å²) in [4.78, 5) is 2.58. The number of hydrogen-bond donors (Lipinski definition) is 0. The van der Waals surface area contributed by atoms with E-state index in [1.165, 1.54) is 5.56 Å². The number of piperidine rings is 1. The molecule has 1 aromatic rings. The van der Waals surface area contributed by atoms with Crippen molar-refractivity contribution in [3.05, 3.63) is 35.9 Å². The van der Waals surface area contributed by atoms with Crippen LogP contribution in [0.4, 0.5) is 0 Å². The maximum absolute atomic E-state index is 6.21. The van der Waals surface area contributed by atoms with E-state index in [0.29, 0.717) is 0 Å². The Morgan fingerprint density at radius 1 is 1.10 bits per heavy atom. The Hall–Kier alpha value is -0.860. The first-order valence-corrected chi connectivity index (χ1v) is 7.88. The van der Waals surface area contributed by atoms with Gasteiger partial charge in [0.05, 0.1) is 5.60 Å². The lowest BCUT2D eigenvalue weighted by atomic mass is 9.83. The lowest BCUT2D eigenvalue weighted by Crippen LogP contribution is -2.53. The number of rotatable bonds is 4. The van der Waals surface area contributed by atoms with Gasteiger partial charge in [0.1, 0.15) is 0 Å². The first-order chi connectivity index (χ1) is 9.45. The van der Waals surface area contributed by atoms with E-state index in [9.17, 15) is 0 Å². The Balaban J connectivity index is 2.05. The van der Waals surface area contributed by atoms with Crippen molar-refractivity contribution in [2.45, 2.75) is 58.1 Å². The zero-order valence-corrected chi connectivity index (χ0v) is 13.5. The van der Waals surface area contributed by atoms with Gasteiger partial charge in [0.15, 0.2) is 0 Å². The molecule has 2 nitrogen and oxygen atoms in total. The summed E-state index contributed by atoms with van der Waals surface area (Å²) in [6.07, 6.45) is 3.31. The Morgan fingerprint density at radius 2 is 1.70 bits per heavy atom. The summed E-state index contributed by atoms with van der Waals surface area (Å²) >= 11 is 0. The normalized spacial score (nSPS) is 20.0. The van der Waals surface area contributed by atoms with Crippen LogP contribution in [0.1, 0.15) is 46.1 Å². The first kappa shape index (κ1) is 15.5. The summed E-state index contributed by atoms with van der Waals surface area (Å²) in [6, 6.07) is 10.8. The molecule has 1 aliphatic heterocycles. The van der Waals surface area contributed by atoms with Crippen LogP contribution in [0.3, 0.4) is 0 Å². The lowest BCUT2D eigenvalue weighted by molar-refractivity contribution is -0.0899. The van der Waals surface area contributed by atoms with Crippen LogP contribution in [-0.2, 0) is 11.2 Å². The average molecular weight is 275 g/mol. The molecule has 112 valence electrons. The molecule has 1 saturated heterocycles. The highest BCUT2D eigenvalue weighted by Gasteiger charge is 2.37. The molecule has 1 heterocycles. The first-order valence-electron chi connectivity index (χ1n) is 7.88. The molecule has 0 bridgehead atoms. The quantitative estimate of drug-likeness (QED) is 0.826. The number of ether oxygens (including phenoxy) is 1. The molecule has 20 heavy (non-hydrogen) atoms. The third-order valence-corrected chi connectivity index (χ3v) is 4.44. The standard InChI is InChI=1S/C18H29NO/c1-5-20-18(15-16-9-7-6-8-10-16)11-13-19(14-12-18)17(2,3)4/h6-10H,5,11-15H2,1-4H3. The molecule has 1 aromatic carbocycles. The molecule has 0 radical (unpaired) electrons. The zero-order valence-electron chi connectivity index (χ0n) is 13.5. The molecular formula is C18H29NO. The topological polar surface area (TPSA) is 12.5 Å². The van der Waals surface area contributed by atoms with Crippen molar-refractivity contribution in [1.82, 2.24) is 4.90 Å². The summed E-state index contributed by atoms with van der Waals surface area (Å²) in [5, 5.41) is 0. The number of nitrogens with zero attached hydrogens (tertiary/aromatic N) is 1. The Labute approximate surface area is 124 Å². The highest BCUT2D eigenvalue weighted by Crippen LogP contribution is 2.32. The average Bonchev–Trinajstić information content (AvgIpc) is 2.39. The maximum Gasteiger partial charge on any atom is 0.0746 e. The van der Waals surface area contributed by atoms with Gasteiger partial charge in [-0.25, -0.2) is 0 Å². The molecule has 1 aliphatic rings. The fourth-order valence-corrected chi connectivity index (χ4v) is 3.23. The Kier molecular flexibility index (Phi) is 4.87. The lowest BCUT2D eigenvalue weighted by Gasteiger charge is -2.46. The van der Waals surface area contributed by atoms with E-state index >= 15 is 0 Å². The SMILES string of the molecule is CCOC1(Cc2ccccc2)CCN(C(C)(C)C)CC1. The summed E-state index contributed by atoms with van der Waals surface area (Å²) in [5.41, 5.74) is 1.70. The van der Waals surface area contributed by atoms with Crippen LogP contribution in [0.15, 0.2) is 30.3 Å². The minimum atomic E-state index is 0.0395. The summed E-state index contributed by atoms with van der Waals surface area (Å²) < 4.78 is 6.21. The van der Waals surface area contributed by atoms with Crippen LogP contribution in [0.25, 0.3) is 0 Å². The minimum absolute atomic E-state index is 0.0395. The van der Waals surface area contributed by atoms with Crippen molar-refractivity contribution in [2.75, 3.05) is 19.7 Å². The Morgan fingerprint density at radius 3 is 2.20 bits per heavy atom. The molecule has 0 aliphatic carbocycles. The van der Waals surface area contributed by atoms with E-state index in [1.54, 1.807) is 0 Å². The predicted octanol–water partition coefficient (Wildman–Crippen LogP) is 3.90. The van der Waals surface area contributed by atoms with Crippen molar-refractivity contribution in [1.29, 1.82) is 0 Å². The molecule has 0 spiro atoms. The highest BCUT2D eigenvalue weighted by molar-refractivity contribution is 5.17. The van der Waals surface area contributed by atoms with Gasteiger partial charge in [-0.15, -0.1) is 0 Å². The van der Waals surface area contributed by atoms with Gasteiger partial charge >= 0.3 is 0 Å². The fraction of sp³-hybridized carbons (Fsp3) is 0.667. The second-order valence-electron chi connectivity index (χ2n) is 6.94. The van der Waals surface area contributed by atoms with Gasteiger partial charge in [-0.05, 0) is 46.1 Å². The minimum Gasteiger partial charge on any atom is -0.375 e. The Bertz CT molecular complexity index is 399. The molecule has 0 amide bonds. The third-order valence-electron chi connectivity index (χ3n) is 4.44. The van der Waals surface area contributed by atoms with E-state index in [1.807, 2.05) is 0 Å². The van der Waals surface area contributed by atoms with Crippen LogP contribution >= 0.6 is 0 Å². The van der Waals surface area contributed by atoms with Gasteiger partial charge in [-0.1, -0.05) is 30.3 Å². The van der Waals surface area contributed by atoms with E-state index in [0.717, 1.165) is 39.0 Å². The van der Waals surface area contributed by atoms with Crippen molar-refractivity contribution in [3.63, 3.8) is 0 Å². The number of benzene rings is 1. The van der Waals surface area contributed by atoms with Gasteiger partial charge in [0.2, 0.25) is 0 Å². The predicted molar refractivity (Wildman–Crippen MR) is 85.1 cm³/mol. The van der Waals surface area contributed by atoms with Crippen LogP contribution in [0.2, 0.25) is 0 Å². The number of hydrogen-bond acceptors (Lipinski definition) is 2. The van der Waals surface area contributed by atoms with Gasteiger partial charge < -0.3 is 4.74 Å². The third kappa shape index (κ3) is 3.83. The molecular weight excluding hydrogens is 246 g/mol. The molecule has 2 rings (SSSR count). The monoisotopic (exact) mass is 275 g/mol. The second kappa shape index (κ2) is 6.28. The molecule has 0 N–H and O–H groups in total. The highest BCUT2D eigenvalue weighted by atomic mass is 16.5. The van der Waals surface area contributed by atoms with Crippen molar-refractivity contribution >= 4 is 0 Å². The summed E-state index contributed by atoms with van der Waals surface area (Å²) in [5.74, 6) is 0. The van der Waals surface area contributed by atoms with Crippen molar-refractivity contribution in [2.24, 2.45) is 0 Å². The maximum atomic E-state index is 6.21. The summed E-state index contributed by atoms with van der Waals surface area (Å²) in [7, 11) is 0. The van der Waals surface area contributed by atoms with Crippen LogP contribution in [0.5, 0.6) is 0 Å². The van der Waals surface area contributed by atoms with Gasteiger partial charge in [0.25, 0.3) is 0 Å². The molecule has 0 saturated carbocycles. The van der Waals surface area contributed by atoms with E-state index in [2.05, 4.69) is 62.9 Å². The molecule has 2 heteroatoms. The number of likely N-dealkylation sites (tertiary alicyclic amines) is 1.